The third-order valence-electron chi connectivity index (χ3n) is 2.61. The van der Waals surface area contributed by atoms with Gasteiger partial charge in [-0.25, -0.2) is 0 Å². The van der Waals surface area contributed by atoms with Crippen LogP contribution in [0.3, 0.4) is 0 Å². The lowest BCUT2D eigenvalue weighted by Crippen LogP contribution is -2.27. The molecule has 0 bridgehead atoms. The van der Waals surface area contributed by atoms with E-state index in [4.69, 9.17) is 0 Å². The zero-order valence-corrected chi connectivity index (χ0v) is 8.49. The molecule has 1 aliphatic carbocycles. The molecule has 1 aromatic rings. The number of amides is 1. The summed E-state index contributed by atoms with van der Waals surface area (Å²) in [6, 6.07) is 2.10. The van der Waals surface area contributed by atoms with Crippen molar-refractivity contribution in [2.75, 3.05) is 7.05 Å². The van der Waals surface area contributed by atoms with Gasteiger partial charge in [0, 0.05) is 11.9 Å². The number of carbonyl (C=O) groups excluding carboxylic acids is 1. The van der Waals surface area contributed by atoms with E-state index in [1.54, 1.807) is 18.4 Å². The van der Waals surface area contributed by atoms with Gasteiger partial charge in [0.25, 0.3) is 0 Å². The molecular weight excluding hydrogens is 182 g/mol. The number of hydrogen-bond donors (Lipinski definition) is 1. The first-order valence-electron chi connectivity index (χ1n) is 4.61. The van der Waals surface area contributed by atoms with Gasteiger partial charge in [-0.2, -0.15) is 0 Å². The smallest absolute Gasteiger partial charge is 0.227 e. The summed E-state index contributed by atoms with van der Waals surface area (Å²) in [7, 11) is 1.71. The first-order valence-corrected chi connectivity index (χ1v) is 5.48. The Morgan fingerprint density at radius 2 is 2.54 bits per heavy atom. The van der Waals surface area contributed by atoms with Gasteiger partial charge in [0.1, 0.15) is 0 Å². The fraction of sp³-hybridized carbons (Fsp3) is 0.500. The maximum atomic E-state index is 11.5. The zero-order valence-electron chi connectivity index (χ0n) is 7.67. The molecule has 13 heavy (non-hydrogen) atoms. The summed E-state index contributed by atoms with van der Waals surface area (Å²) in [6.07, 6.45) is 3.30. The number of likely N-dealkylation sites (N-methyl/N-ethyl adjacent to an activating group) is 1. The van der Waals surface area contributed by atoms with E-state index in [9.17, 15) is 4.79 Å². The summed E-state index contributed by atoms with van der Waals surface area (Å²) >= 11 is 1.78. The van der Waals surface area contributed by atoms with Gasteiger partial charge in [-0.1, -0.05) is 0 Å². The number of carbonyl (C=O) groups is 1. The molecule has 2 nitrogen and oxygen atoms in total. The highest BCUT2D eigenvalue weighted by Gasteiger charge is 2.26. The second-order valence-electron chi connectivity index (χ2n) is 3.36. The minimum Gasteiger partial charge on any atom is -0.359 e. The number of rotatable bonds is 1. The van der Waals surface area contributed by atoms with E-state index in [1.165, 1.54) is 10.4 Å². The molecule has 1 N–H and O–H groups in total. The van der Waals surface area contributed by atoms with Crippen LogP contribution in [0.4, 0.5) is 0 Å². The Hall–Kier alpha value is -0.830. The normalized spacial score (nSPS) is 20.8. The molecule has 0 radical (unpaired) electrons. The Morgan fingerprint density at radius 1 is 1.69 bits per heavy atom. The predicted octanol–water partition coefficient (Wildman–Crippen LogP) is 1.91. The average Bonchev–Trinajstić information content (AvgIpc) is 2.63. The lowest BCUT2D eigenvalue weighted by Gasteiger charge is -2.20. The summed E-state index contributed by atoms with van der Waals surface area (Å²) in [5.74, 6) is 0.277. The van der Waals surface area contributed by atoms with Crippen molar-refractivity contribution in [3.8, 4) is 0 Å². The van der Waals surface area contributed by atoms with E-state index in [0.717, 1.165) is 19.3 Å². The fourth-order valence-electron chi connectivity index (χ4n) is 1.93. The maximum absolute atomic E-state index is 11.5. The minimum atomic E-state index is 0.111. The van der Waals surface area contributed by atoms with Crippen LogP contribution in [0, 0.1) is 0 Å². The summed E-state index contributed by atoms with van der Waals surface area (Å²) < 4.78 is 0. The molecule has 1 aromatic heterocycles. The van der Waals surface area contributed by atoms with Crippen LogP contribution in [0.5, 0.6) is 0 Å². The monoisotopic (exact) mass is 195 g/mol. The summed E-state index contributed by atoms with van der Waals surface area (Å²) in [6.45, 7) is 0. The van der Waals surface area contributed by atoms with Crippen LogP contribution in [0.15, 0.2) is 11.4 Å². The Morgan fingerprint density at radius 3 is 3.31 bits per heavy atom. The van der Waals surface area contributed by atoms with Crippen molar-refractivity contribution in [2.45, 2.75) is 25.2 Å². The molecule has 1 unspecified atom stereocenters. The van der Waals surface area contributed by atoms with Crippen LogP contribution in [0.25, 0.3) is 0 Å². The van der Waals surface area contributed by atoms with Gasteiger partial charge in [-0.3, -0.25) is 4.79 Å². The first kappa shape index (κ1) is 8.75. The Kier molecular flexibility index (Phi) is 2.36. The maximum Gasteiger partial charge on any atom is 0.227 e. The van der Waals surface area contributed by atoms with E-state index < -0.39 is 0 Å². The van der Waals surface area contributed by atoms with Gasteiger partial charge in [0.2, 0.25) is 5.91 Å². The van der Waals surface area contributed by atoms with Gasteiger partial charge < -0.3 is 5.32 Å². The van der Waals surface area contributed by atoms with Crippen molar-refractivity contribution in [3.05, 3.63) is 21.9 Å². The Bertz CT molecular complexity index is 318. The zero-order chi connectivity index (χ0) is 9.26. The number of thiophene rings is 1. The fourth-order valence-corrected chi connectivity index (χ4v) is 2.92. The van der Waals surface area contributed by atoms with E-state index in [1.807, 2.05) is 0 Å². The first-order chi connectivity index (χ1) is 6.33. The van der Waals surface area contributed by atoms with E-state index in [-0.39, 0.29) is 11.8 Å². The van der Waals surface area contributed by atoms with Crippen LogP contribution in [0.1, 0.15) is 29.2 Å². The molecule has 0 saturated carbocycles. The third kappa shape index (κ3) is 1.48. The standard InChI is InChI=1S/C10H13NOS/c1-11-10(12)8-3-2-4-9-7(8)5-6-13-9/h5-6,8H,2-4H2,1H3,(H,11,12). The molecule has 1 amide bonds. The highest BCUT2D eigenvalue weighted by atomic mass is 32.1. The number of nitrogens with one attached hydrogen (secondary N) is 1. The molecule has 70 valence electrons. The molecule has 1 heterocycles. The molecule has 0 saturated heterocycles. The van der Waals surface area contributed by atoms with Crippen LogP contribution in [-0.4, -0.2) is 13.0 Å². The van der Waals surface area contributed by atoms with Crippen LogP contribution < -0.4 is 5.32 Å². The van der Waals surface area contributed by atoms with Crippen molar-refractivity contribution in [2.24, 2.45) is 0 Å². The quantitative estimate of drug-likeness (QED) is 0.728. The molecule has 1 atom stereocenters. The second-order valence-corrected chi connectivity index (χ2v) is 4.36. The molecule has 2 rings (SSSR count). The highest BCUT2D eigenvalue weighted by molar-refractivity contribution is 7.10. The highest BCUT2D eigenvalue weighted by Crippen LogP contribution is 2.34. The molecular formula is C10H13NOS. The molecule has 3 heteroatoms. The molecule has 0 spiro atoms. The lowest BCUT2D eigenvalue weighted by molar-refractivity contribution is -0.122. The third-order valence-corrected chi connectivity index (χ3v) is 3.61. The van der Waals surface area contributed by atoms with Crippen molar-refractivity contribution in [3.63, 3.8) is 0 Å². The topological polar surface area (TPSA) is 29.1 Å². The van der Waals surface area contributed by atoms with E-state index >= 15 is 0 Å². The lowest BCUT2D eigenvalue weighted by atomic mass is 9.87. The van der Waals surface area contributed by atoms with Crippen LogP contribution in [0.2, 0.25) is 0 Å². The number of aryl methyl sites for hydroxylation is 1. The molecule has 1 aliphatic rings. The molecule has 0 fully saturated rings. The largest absolute Gasteiger partial charge is 0.359 e. The number of hydrogen-bond acceptors (Lipinski definition) is 2. The number of fused-ring (bicyclic) bond motifs is 1. The molecule has 0 aliphatic heterocycles. The predicted molar refractivity (Wildman–Crippen MR) is 54.1 cm³/mol. The SMILES string of the molecule is CNC(=O)C1CCCc2sccc21. The van der Waals surface area contributed by atoms with Gasteiger partial charge in [-0.05, 0) is 36.3 Å². The Balaban J connectivity index is 2.30. The van der Waals surface area contributed by atoms with E-state index in [2.05, 4.69) is 16.8 Å². The van der Waals surface area contributed by atoms with Gasteiger partial charge in [0.15, 0.2) is 0 Å². The van der Waals surface area contributed by atoms with Crippen molar-refractivity contribution in [1.82, 2.24) is 5.32 Å². The van der Waals surface area contributed by atoms with Crippen LogP contribution >= 0.6 is 11.3 Å². The summed E-state index contributed by atoms with van der Waals surface area (Å²) in [5.41, 5.74) is 1.26. The van der Waals surface area contributed by atoms with Crippen molar-refractivity contribution >= 4 is 17.2 Å². The second kappa shape index (κ2) is 3.50. The van der Waals surface area contributed by atoms with Crippen LogP contribution in [-0.2, 0) is 11.2 Å². The van der Waals surface area contributed by atoms with Gasteiger partial charge in [0.05, 0.1) is 5.92 Å². The average molecular weight is 195 g/mol. The summed E-state index contributed by atoms with van der Waals surface area (Å²) in [5, 5.41) is 4.82. The van der Waals surface area contributed by atoms with Crippen molar-refractivity contribution in [1.29, 1.82) is 0 Å². The summed E-state index contributed by atoms with van der Waals surface area (Å²) in [4.78, 5) is 12.9. The van der Waals surface area contributed by atoms with E-state index in [0.29, 0.717) is 0 Å². The van der Waals surface area contributed by atoms with Crippen molar-refractivity contribution < 1.29 is 4.79 Å². The Labute approximate surface area is 82.0 Å². The van der Waals surface area contributed by atoms with Gasteiger partial charge >= 0.3 is 0 Å². The minimum absolute atomic E-state index is 0.111. The molecule has 0 aromatic carbocycles. The van der Waals surface area contributed by atoms with Gasteiger partial charge in [-0.15, -0.1) is 11.3 Å².